The zero-order valence-electron chi connectivity index (χ0n) is 64.7. The van der Waals surface area contributed by atoms with Crippen LogP contribution in [0.3, 0.4) is 0 Å². The van der Waals surface area contributed by atoms with Crippen molar-refractivity contribution in [2.24, 2.45) is 17.8 Å². The third-order valence-electron chi connectivity index (χ3n) is 21.1. The number of halogens is 2. The quantitative estimate of drug-likeness (QED) is 0.0114. The summed E-state index contributed by atoms with van der Waals surface area (Å²) >= 11 is 9.58. The van der Waals surface area contributed by atoms with Crippen LogP contribution in [0.15, 0.2) is 156 Å². The number of hydrogen-bond acceptors (Lipinski definition) is 13. The Labute approximate surface area is 654 Å². The molecule has 4 fully saturated rings. The predicted octanol–water partition coefficient (Wildman–Crippen LogP) is 24.5. The van der Waals surface area contributed by atoms with Crippen molar-refractivity contribution in [2.45, 2.75) is 252 Å². The fraction of sp³-hybridized carbons (Fsp3) is 0.500. The highest BCUT2D eigenvalue weighted by molar-refractivity contribution is 9.10. The Kier molecular flexibility index (Phi) is 38.5. The van der Waals surface area contributed by atoms with Gasteiger partial charge in [-0.25, -0.2) is 19.2 Å². The van der Waals surface area contributed by atoms with Gasteiger partial charge in [-0.05, 0) is 189 Å². The average molecular weight is 1540 g/mol. The molecule has 11 rings (SSSR count). The molecule has 0 radical (unpaired) electrons. The summed E-state index contributed by atoms with van der Waals surface area (Å²) in [6.07, 6.45) is 39.4. The number of nitrogen functional groups attached to an aromatic ring is 1. The van der Waals surface area contributed by atoms with Gasteiger partial charge in [-0.1, -0.05) is 268 Å². The largest absolute Gasteiger partial charge is 0.462 e. The van der Waals surface area contributed by atoms with E-state index in [9.17, 15) is 19.2 Å². The number of nitrogens with one attached hydrogen (secondary N) is 4. The van der Waals surface area contributed by atoms with Gasteiger partial charge in [0.1, 0.15) is 0 Å². The third-order valence-corrected chi connectivity index (χ3v) is 21.9. The van der Waals surface area contributed by atoms with Crippen LogP contribution in [0.4, 0.5) is 28.4 Å². The van der Waals surface area contributed by atoms with Gasteiger partial charge < -0.3 is 45.9 Å². The number of benzene rings is 7. The van der Waals surface area contributed by atoms with Crippen LogP contribution in [0.2, 0.25) is 5.02 Å². The number of unbranched alkanes of at least 4 members (excludes halogenated alkanes) is 7. The van der Waals surface area contributed by atoms with E-state index in [0.29, 0.717) is 67.0 Å². The van der Waals surface area contributed by atoms with E-state index in [1.54, 1.807) is 6.07 Å². The van der Waals surface area contributed by atoms with E-state index in [1.165, 1.54) is 195 Å². The Morgan fingerprint density at radius 2 is 0.776 bits per heavy atom. The Morgan fingerprint density at radius 3 is 1.21 bits per heavy atom. The molecule has 0 bridgehead atoms. The highest BCUT2D eigenvalue weighted by Gasteiger charge is 2.22. The van der Waals surface area contributed by atoms with Crippen LogP contribution in [0.25, 0.3) is 0 Å². The molecule has 0 aromatic heterocycles. The molecule has 0 heterocycles. The number of carbonyl (C=O) groups excluding carboxylic acids is 4. The maximum atomic E-state index is 12.2. The number of esters is 4. The van der Waals surface area contributed by atoms with Crippen molar-refractivity contribution in [3.05, 3.63) is 217 Å². The van der Waals surface area contributed by atoms with E-state index in [4.69, 9.17) is 36.3 Å². The van der Waals surface area contributed by atoms with E-state index in [1.807, 2.05) is 93.6 Å². The monoisotopic (exact) mass is 1540 g/mol. The van der Waals surface area contributed by atoms with Crippen LogP contribution < -0.4 is 27.0 Å². The summed E-state index contributed by atoms with van der Waals surface area (Å²) in [7, 11) is 0. The second-order valence-corrected chi connectivity index (χ2v) is 30.9. The van der Waals surface area contributed by atoms with Crippen LogP contribution in [0, 0.1) is 17.8 Å². The molecule has 0 saturated heterocycles. The number of carbonyl (C=O) groups is 4. The maximum Gasteiger partial charge on any atom is 0.338 e. The molecule has 107 heavy (non-hydrogen) atoms. The van der Waals surface area contributed by atoms with E-state index in [-0.39, 0.29) is 23.9 Å². The second-order valence-electron chi connectivity index (χ2n) is 29.6. The highest BCUT2D eigenvalue weighted by atomic mass is 79.9. The molecule has 0 amide bonds. The van der Waals surface area contributed by atoms with Gasteiger partial charge in [0.15, 0.2) is 0 Å². The summed E-state index contributed by atoms with van der Waals surface area (Å²) < 4.78 is 22.0. The van der Waals surface area contributed by atoms with Gasteiger partial charge in [0.25, 0.3) is 0 Å². The summed E-state index contributed by atoms with van der Waals surface area (Å²) in [5, 5.41) is 14.9. The molecule has 7 aromatic carbocycles. The standard InChI is InChI=1S/C23H28BrNO2.C23H28ClNO2.C23H38N2O2.C23H29NO2/c1-2-27-23(26)20-11-10-19(14-17-6-4-3-5-7-17)22(15-20)25-16-18-8-12-21(24)13-9-18;1-2-27-23(26)20-12-11-19(13-17-7-4-3-5-8-17)22(15-20)25-16-18-9-6-10-21(24)14-18;1-2-3-4-5-6-7-8-12-17-27-23(26)19-15-16-22(21(24)18-19)25-20-13-10-9-11-14-20;1-2-26-23(25)21-14-13-20(15-18-9-5-3-6-10-18)22(16-21)24-17-19-11-7-4-8-12-19/h8-13,15,17,25H,2-7,14,16H2,1H3;6,9-12,14-15,17,25H,2-5,7-8,13,16H2,1H3;15-16,18,20,25H,2-14,17,24H2,1H3;4,7-8,11-14,16,18,24H,2-3,5-6,9-10,15,17H2,1H3. The molecule has 4 aliphatic carbocycles. The molecule has 0 unspecified atom stereocenters. The summed E-state index contributed by atoms with van der Waals surface area (Å²) in [4.78, 5) is 48.6. The first-order valence-electron chi connectivity index (χ1n) is 40.7. The third kappa shape index (κ3) is 31.0. The topological polar surface area (TPSA) is 179 Å². The van der Waals surface area contributed by atoms with Crippen molar-refractivity contribution < 1.29 is 38.1 Å². The number of rotatable bonds is 33. The van der Waals surface area contributed by atoms with Crippen LogP contribution in [0.1, 0.15) is 282 Å². The summed E-state index contributed by atoms with van der Waals surface area (Å²) in [5.74, 6) is 1.20. The van der Waals surface area contributed by atoms with Gasteiger partial charge in [-0.15, -0.1) is 0 Å². The van der Waals surface area contributed by atoms with Gasteiger partial charge in [0.05, 0.1) is 60.1 Å². The van der Waals surface area contributed by atoms with Crippen LogP contribution in [0.5, 0.6) is 0 Å². The Bertz CT molecular complexity index is 3750. The Morgan fingerprint density at radius 1 is 0.393 bits per heavy atom. The predicted molar refractivity (Wildman–Crippen MR) is 446 cm³/mol. The molecular weight excluding hydrogens is 1420 g/mol. The molecule has 578 valence electrons. The van der Waals surface area contributed by atoms with Crippen molar-refractivity contribution in [2.75, 3.05) is 53.4 Å². The molecule has 0 atom stereocenters. The number of hydrogen-bond donors (Lipinski definition) is 5. The number of ether oxygens (including phenoxy) is 4. The van der Waals surface area contributed by atoms with E-state index in [0.717, 1.165) is 101 Å². The summed E-state index contributed by atoms with van der Waals surface area (Å²) in [5.41, 5.74) is 20.7. The minimum Gasteiger partial charge on any atom is -0.462 e. The maximum absolute atomic E-state index is 12.2. The SMILES string of the molecule is CCCCCCCCCCOC(=O)c1ccc(NC2CCCCC2)c(N)c1.CCOC(=O)c1ccc(CC2CCCCC2)c(NCc2ccc(Br)cc2)c1.CCOC(=O)c1ccc(CC2CCCCC2)c(NCc2cccc(Cl)c2)c1.CCOC(=O)c1ccc(CC2CCCCC2)c(NCc2ccccc2)c1. The molecule has 7 aromatic rings. The van der Waals surface area contributed by atoms with Crippen molar-refractivity contribution in [3.8, 4) is 0 Å². The molecule has 4 aliphatic rings. The van der Waals surface area contributed by atoms with Crippen LogP contribution >= 0.6 is 27.5 Å². The van der Waals surface area contributed by atoms with Gasteiger partial charge in [0, 0.05) is 52.2 Å². The van der Waals surface area contributed by atoms with E-state index in [2.05, 4.69) is 117 Å². The lowest BCUT2D eigenvalue weighted by molar-refractivity contribution is 0.0492. The first-order chi connectivity index (χ1) is 52.3. The molecule has 13 nitrogen and oxygen atoms in total. The van der Waals surface area contributed by atoms with Crippen LogP contribution in [-0.4, -0.2) is 56.3 Å². The zero-order chi connectivity index (χ0) is 75.6. The summed E-state index contributed by atoms with van der Waals surface area (Å²) in [6.45, 7) is 11.6. The Balaban J connectivity index is 0.000000180. The normalized spacial score (nSPS) is 14.8. The van der Waals surface area contributed by atoms with Crippen molar-refractivity contribution >= 4 is 79.8 Å². The minimum absolute atomic E-state index is 0.250. The van der Waals surface area contributed by atoms with Crippen LogP contribution in [-0.2, 0) is 57.8 Å². The Hall–Kier alpha value is -7.81. The molecule has 15 heteroatoms. The van der Waals surface area contributed by atoms with Crippen molar-refractivity contribution in [1.82, 2.24) is 0 Å². The molecule has 6 N–H and O–H groups in total. The van der Waals surface area contributed by atoms with Gasteiger partial charge in [-0.2, -0.15) is 0 Å². The smallest absolute Gasteiger partial charge is 0.338 e. The fourth-order valence-corrected chi connectivity index (χ4v) is 15.6. The average Bonchev–Trinajstić information content (AvgIpc) is 0.855. The lowest BCUT2D eigenvalue weighted by Crippen LogP contribution is -2.22. The lowest BCUT2D eigenvalue weighted by Gasteiger charge is -2.24. The summed E-state index contributed by atoms with van der Waals surface area (Å²) in [6, 6.07) is 50.3. The molecule has 0 aliphatic heterocycles. The minimum atomic E-state index is -0.271. The molecule has 4 saturated carbocycles. The zero-order valence-corrected chi connectivity index (χ0v) is 67.1. The fourth-order valence-electron chi connectivity index (χ4n) is 15.1. The number of nitrogens with two attached hydrogens (primary N) is 1. The van der Waals surface area contributed by atoms with E-state index >= 15 is 0 Å². The second kappa shape index (κ2) is 48.6. The van der Waals surface area contributed by atoms with Crippen molar-refractivity contribution in [1.29, 1.82) is 0 Å². The van der Waals surface area contributed by atoms with Gasteiger partial charge >= 0.3 is 23.9 Å². The molecular formula is C92H123BrClN5O8. The first-order valence-corrected chi connectivity index (χ1v) is 41.9. The first kappa shape index (κ1) is 84.8. The van der Waals surface area contributed by atoms with Gasteiger partial charge in [-0.3, -0.25) is 0 Å². The van der Waals surface area contributed by atoms with Crippen molar-refractivity contribution in [3.63, 3.8) is 0 Å². The number of anilines is 5. The highest BCUT2D eigenvalue weighted by Crippen LogP contribution is 2.35. The van der Waals surface area contributed by atoms with Gasteiger partial charge in [0.2, 0.25) is 0 Å². The van der Waals surface area contributed by atoms with E-state index < -0.39 is 0 Å². The lowest BCUT2D eigenvalue weighted by atomic mass is 9.84. The molecule has 0 spiro atoms.